The fourth-order valence-electron chi connectivity index (χ4n) is 2.00. The van der Waals surface area contributed by atoms with Crippen LogP contribution < -0.4 is 10.1 Å². The van der Waals surface area contributed by atoms with E-state index in [1.807, 2.05) is 25.1 Å². The maximum atomic E-state index is 11.9. The Morgan fingerprint density at radius 1 is 1.38 bits per heavy atom. The summed E-state index contributed by atoms with van der Waals surface area (Å²) in [6.45, 7) is 1.37. The molecule has 0 spiro atoms. The second kappa shape index (κ2) is 6.58. The number of carboxylic acid groups (broad SMARTS) is 1. The van der Waals surface area contributed by atoms with Gasteiger partial charge in [-0.15, -0.1) is 0 Å². The number of amides is 1. The van der Waals surface area contributed by atoms with Crippen molar-refractivity contribution < 1.29 is 19.4 Å². The number of carbonyl (C=O) groups excluding carboxylic acids is 1. The standard InChI is InChI=1S/C15H20N2O4/c1-17(2)6-7-21-11-5-3-4-10(8-11)16-14(18)12-9-13(12)15(19)20/h3-5,8,12-13H,6-7,9H2,1-2H3,(H,16,18)(H,19,20). The minimum atomic E-state index is -0.907. The summed E-state index contributed by atoms with van der Waals surface area (Å²) >= 11 is 0. The Morgan fingerprint density at radius 3 is 2.76 bits per heavy atom. The number of nitrogens with one attached hydrogen (secondary N) is 1. The molecule has 1 aromatic rings. The van der Waals surface area contributed by atoms with Crippen LogP contribution in [0.5, 0.6) is 5.75 Å². The van der Waals surface area contributed by atoms with Crippen LogP contribution in [0.4, 0.5) is 5.69 Å². The van der Waals surface area contributed by atoms with Gasteiger partial charge in [-0.25, -0.2) is 0 Å². The number of nitrogens with zero attached hydrogens (tertiary/aromatic N) is 1. The highest BCUT2D eigenvalue weighted by Crippen LogP contribution is 2.39. The summed E-state index contributed by atoms with van der Waals surface area (Å²) in [6, 6.07) is 7.12. The van der Waals surface area contributed by atoms with Gasteiger partial charge in [-0.2, -0.15) is 0 Å². The summed E-state index contributed by atoms with van der Waals surface area (Å²) in [4.78, 5) is 24.7. The maximum absolute atomic E-state index is 11.9. The van der Waals surface area contributed by atoms with Crippen molar-refractivity contribution in [1.82, 2.24) is 4.90 Å². The largest absolute Gasteiger partial charge is 0.492 e. The molecule has 2 N–H and O–H groups in total. The molecule has 0 aromatic heterocycles. The van der Waals surface area contributed by atoms with Crippen LogP contribution in [0.15, 0.2) is 24.3 Å². The number of benzene rings is 1. The SMILES string of the molecule is CN(C)CCOc1cccc(NC(=O)C2CC2C(=O)O)c1. The van der Waals surface area contributed by atoms with Crippen molar-refractivity contribution in [3.8, 4) is 5.75 Å². The molecule has 1 aliphatic carbocycles. The highest BCUT2D eigenvalue weighted by Gasteiger charge is 2.48. The van der Waals surface area contributed by atoms with E-state index < -0.39 is 17.8 Å². The van der Waals surface area contributed by atoms with Crippen molar-refractivity contribution in [1.29, 1.82) is 0 Å². The quantitative estimate of drug-likeness (QED) is 0.791. The lowest BCUT2D eigenvalue weighted by Crippen LogP contribution is -2.19. The Bertz CT molecular complexity index is 530. The van der Waals surface area contributed by atoms with Crippen LogP contribution in [-0.2, 0) is 9.59 Å². The normalized spacial score (nSPS) is 20.1. The molecule has 0 bridgehead atoms. The Hall–Kier alpha value is -2.08. The summed E-state index contributed by atoms with van der Waals surface area (Å²) in [7, 11) is 3.93. The topological polar surface area (TPSA) is 78.9 Å². The average Bonchev–Trinajstić information content (AvgIpc) is 3.19. The van der Waals surface area contributed by atoms with E-state index in [1.54, 1.807) is 18.2 Å². The number of anilines is 1. The zero-order chi connectivity index (χ0) is 15.4. The molecule has 6 nitrogen and oxygen atoms in total. The number of carboxylic acids is 1. The predicted octanol–water partition coefficient (Wildman–Crippen LogP) is 1.29. The van der Waals surface area contributed by atoms with Crippen LogP contribution in [0.3, 0.4) is 0 Å². The molecule has 114 valence electrons. The molecule has 0 heterocycles. The van der Waals surface area contributed by atoms with Crippen molar-refractivity contribution in [3.05, 3.63) is 24.3 Å². The zero-order valence-electron chi connectivity index (χ0n) is 12.2. The third kappa shape index (κ3) is 4.46. The average molecular weight is 292 g/mol. The van der Waals surface area contributed by atoms with E-state index in [1.165, 1.54) is 0 Å². The summed E-state index contributed by atoms with van der Waals surface area (Å²) in [6.07, 6.45) is 0.417. The van der Waals surface area contributed by atoms with Crippen molar-refractivity contribution in [2.45, 2.75) is 6.42 Å². The van der Waals surface area contributed by atoms with E-state index in [0.29, 0.717) is 24.5 Å². The first-order valence-electron chi connectivity index (χ1n) is 6.88. The number of aliphatic carboxylic acids is 1. The molecule has 1 saturated carbocycles. The third-order valence-corrected chi connectivity index (χ3v) is 3.35. The number of ether oxygens (including phenoxy) is 1. The number of hydrogen-bond donors (Lipinski definition) is 2. The molecule has 1 fully saturated rings. The van der Waals surface area contributed by atoms with Crippen molar-refractivity contribution in [2.24, 2.45) is 11.8 Å². The molecular weight excluding hydrogens is 272 g/mol. The first-order chi connectivity index (χ1) is 9.97. The van der Waals surface area contributed by atoms with Crippen molar-refractivity contribution in [3.63, 3.8) is 0 Å². The summed E-state index contributed by atoms with van der Waals surface area (Å²) < 4.78 is 5.59. The van der Waals surface area contributed by atoms with E-state index in [2.05, 4.69) is 5.32 Å². The van der Waals surface area contributed by atoms with Crippen LogP contribution in [0.2, 0.25) is 0 Å². The minimum Gasteiger partial charge on any atom is -0.492 e. The third-order valence-electron chi connectivity index (χ3n) is 3.35. The van der Waals surface area contributed by atoms with Crippen LogP contribution in [-0.4, -0.2) is 49.1 Å². The minimum absolute atomic E-state index is 0.243. The lowest BCUT2D eigenvalue weighted by molar-refractivity contribution is -0.139. The summed E-state index contributed by atoms with van der Waals surface area (Å²) in [5.74, 6) is -1.42. The number of likely N-dealkylation sites (N-methyl/N-ethyl adjacent to an activating group) is 1. The Balaban J connectivity index is 1.86. The van der Waals surface area contributed by atoms with E-state index >= 15 is 0 Å². The van der Waals surface area contributed by atoms with Crippen LogP contribution in [0.25, 0.3) is 0 Å². The first kappa shape index (κ1) is 15.3. The number of hydrogen-bond acceptors (Lipinski definition) is 4. The molecule has 1 amide bonds. The van der Waals surface area contributed by atoms with Crippen LogP contribution >= 0.6 is 0 Å². The van der Waals surface area contributed by atoms with Gasteiger partial charge in [0, 0.05) is 18.3 Å². The number of carbonyl (C=O) groups is 2. The molecule has 0 aliphatic heterocycles. The second-order valence-corrected chi connectivity index (χ2v) is 5.46. The van der Waals surface area contributed by atoms with Gasteiger partial charge in [0.25, 0.3) is 0 Å². The molecule has 21 heavy (non-hydrogen) atoms. The molecule has 1 aliphatic rings. The zero-order valence-corrected chi connectivity index (χ0v) is 12.2. The van der Waals surface area contributed by atoms with E-state index in [0.717, 1.165) is 6.54 Å². The van der Waals surface area contributed by atoms with Gasteiger partial charge >= 0.3 is 5.97 Å². The highest BCUT2D eigenvalue weighted by atomic mass is 16.5. The number of rotatable bonds is 7. The Labute approximate surface area is 123 Å². The highest BCUT2D eigenvalue weighted by molar-refractivity contribution is 5.98. The van der Waals surface area contributed by atoms with E-state index in [-0.39, 0.29) is 5.91 Å². The summed E-state index contributed by atoms with van der Waals surface area (Å²) in [5.41, 5.74) is 0.624. The molecule has 2 unspecified atom stereocenters. The van der Waals surface area contributed by atoms with Gasteiger partial charge < -0.3 is 20.1 Å². The monoisotopic (exact) mass is 292 g/mol. The summed E-state index contributed by atoms with van der Waals surface area (Å²) in [5, 5.41) is 11.6. The van der Waals surface area contributed by atoms with Gasteiger partial charge in [-0.1, -0.05) is 6.07 Å². The smallest absolute Gasteiger partial charge is 0.307 e. The molecule has 0 radical (unpaired) electrons. The molecule has 2 atom stereocenters. The molecule has 0 saturated heterocycles. The Kier molecular flexibility index (Phi) is 4.80. The Morgan fingerprint density at radius 2 is 2.14 bits per heavy atom. The molecule has 2 rings (SSSR count). The van der Waals surface area contributed by atoms with E-state index in [4.69, 9.17) is 9.84 Å². The van der Waals surface area contributed by atoms with Crippen molar-refractivity contribution >= 4 is 17.6 Å². The second-order valence-electron chi connectivity index (χ2n) is 5.46. The maximum Gasteiger partial charge on any atom is 0.307 e. The lowest BCUT2D eigenvalue weighted by Gasteiger charge is -2.12. The fraction of sp³-hybridized carbons (Fsp3) is 0.467. The van der Waals surface area contributed by atoms with Gasteiger partial charge in [-0.3, -0.25) is 9.59 Å². The van der Waals surface area contributed by atoms with Gasteiger partial charge in [-0.05, 0) is 32.6 Å². The van der Waals surface area contributed by atoms with Gasteiger partial charge in [0.15, 0.2) is 0 Å². The van der Waals surface area contributed by atoms with Gasteiger partial charge in [0.05, 0.1) is 11.8 Å². The first-order valence-corrected chi connectivity index (χ1v) is 6.88. The van der Waals surface area contributed by atoms with Crippen LogP contribution in [0, 0.1) is 11.8 Å². The lowest BCUT2D eigenvalue weighted by atomic mass is 10.2. The van der Waals surface area contributed by atoms with Gasteiger partial charge in [0.1, 0.15) is 12.4 Å². The molecule has 6 heteroatoms. The van der Waals surface area contributed by atoms with Crippen molar-refractivity contribution in [2.75, 3.05) is 32.6 Å². The predicted molar refractivity (Wildman–Crippen MR) is 78.4 cm³/mol. The van der Waals surface area contributed by atoms with E-state index in [9.17, 15) is 9.59 Å². The molecule has 1 aromatic carbocycles. The van der Waals surface area contributed by atoms with Gasteiger partial charge in [0.2, 0.25) is 5.91 Å². The fourth-order valence-corrected chi connectivity index (χ4v) is 2.00. The molecular formula is C15H20N2O4. The van der Waals surface area contributed by atoms with Crippen LogP contribution in [0.1, 0.15) is 6.42 Å².